The second-order valence-electron chi connectivity index (χ2n) is 14.8. The summed E-state index contributed by atoms with van der Waals surface area (Å²) in [5.41, 5.74) is 0. The summed E-state index contributed by atoms with van der Waals surface area (Å²) in [5.74, 6) is -1.17. The van der Waals surface area contributed by atoms with Gasteiger partial charge < -0.3 is 34.4 Å². The van der Waals surface area contributed by atoms with Crippen molar-refractivity contribution in [2.24, 2.45) is 0 Å². The third-order valence-corrected chi connectivity index (χ3v) is 10.3. The van der Waals surface area contributed by atoms with Gasteiger partial charge in [0, 0.05) is 12.8 Å². The first-order valence-corrected chi connectivity index (χ1v) is 25.4. The molecular formula is C46H78O14P2. The topological polar surface area (TPSA) is 216 Å². The van der Waals surface area contributed by atoms with Crippen molar-refractivity contribution >= 4 is 27.6 Å². The van der Waals surface area contributed by atoms with E-state index in [1.807, 2.05) is 36.5 Å². The Balaban J connectivity index is 4.72. The molecule has 0 aromatic rings. The van der Waals surface area contributed by atoms with Crippen LogP contribution in [0.25, 0.3) is 0 Å². The van der Waals surface area contributed by atoms with Gasteiger partial charge in [-0.1, -0.05) is 137 Å². The molecule has 0 aromatic heterocycles. The number of phosphoric acid groups is 2. The summed E-state index contributed by atoms with van der Waals surface area (Å²) in [4.78, 5) is 52.7. The van der Waals surface area contributed by atoms with Gasteiger partial charge in [0.05, 0.1) is 25.9 Å². The highest BCUT2D eigenvalue weighted by molar-refractivity contribution is 7.47. The lowest BCUT2D eigenvalue weighted by Crippen LogP contribution is -2.29. The van der Waals surface area contributed by atoms with E-state index in [1.165, 1.54) is 38.5 Å². The van der Waals surface area contributed by atoms with Gasteiger partial charge in [-0.05, 0) is 83.5 Å². The highest BCUT2D eigenvalue weighted by atomic mass is 31.2. The van der Waals surface area contributed by atoms with Gasteiger partial charge in [0.2, 0.25) is 0 Å². The van der Waals surface area contributed by atoms with E-state index in [2.05, 4.69) is 65.4 Å². The Morgan fingerprint density at radius 3 is 1.65 bits per heavy atom. The number of aliphatic hydroxyl groups excluding tert-OH is 2. The maximum atomic E-state index is 12.7. The lowest BCUT2D eigenvalue weighted by atomic mass is 10.1. The van der Waals surface area contributed by atoms with Crippen LogP contribution in [-0.2, 0) is 41.8 Å². The molecule has 0 radical (unpaired) electrons. The molecular weight excluding hydrogens is 838 g/mol. The third-order valence-electron chi connectivity index (χ3n) is 8.83. The summed E-state index contributed by atoms with van der Waals surface area (Å²) in [7, 11) is -9.73. The summed E-state index contributed by atoms with van der Waals surface area (Å²) < 4.78 is 47.7. The number of unbranched alkanes of at least 4 members (excludes halogenated alkanes) is 11. The molecule has 0 saturated heterocycles. The molecule has 4 atom stereocenters. The average molecular weight is 917 g/mol. The highest BCUT2D eigenvalue weighted by Crippen LogP contribution is 2.43. The Morgan fingerprint density at radius 1 is 0.532 bits per heavy atom. The molecule has 1 unspecified atom stereocenters. The van der Waals surface area contributed by atoms with Gasteiger partial charge in [-0.25, -0.2) is 9.13 Å². The molecule has 0 spiro atoms. The van der Waals surface area contributed by atoms with Crippen molar-refractivity contribution in [2.75, 3.05) is 26.4 Å². The van der Waals surface area contributed by atoms with Gasteiger partial charge in [-0.15, -0.1) is 0 Å². The minimum atomic E-state index is -4.88. The Kier molecular flexibility index (Phi) is 39.2. The van der Waals surface area contributed by atoms with E-state index in [-0.39, 0.29) is 12.8 Å². The van der Waals surface area contributed by atoms with E-state index < -0.39 is 72.3 Å². The quantitative estimate of drug-likeness (QED) is 0.0127. The van der Waals surface area contributed by atoms with Crippen LogP contribution in [0.1, 0.15) is 149 Å². The molecule has 16 heteroatoms. The lowest BCUT2D eigenvalue weighted by Gasteiger charge is -2.20. The second-order valence-corrected chi connectivity index (χ2v) is 17.5. The van der Waals surface area contributed by atoms with E-state index in [0.717, 1.165) is 51.4 Å². The molecule has 0 aliphatic rings. The van der Waals surface area contributed by atoms with E-state index >= 15 is 0 Å². The minimum Gasteiger partial charge on any atom is -0.462 e. The van der Waals surface area contributed by atoms with Crippen molar-refractivity contribution in [3.63, 3.8) is 0 Å². The Bertz CT molecular complexity index is 1430. The third kappa shape index (κ3) is 43.9. The number of carbonyl (C=O) groups is 2. The van der Waals surface area contributed by atoms with E-state index in [9.17, 15) is 33.8 Å². The molecule has 0 rings (SSSR count). The number of rotatable bonds is 41. The van der Waals surface area contributed by atoms with Crippen LogP contribution >= 0.6 is 15.6 Å². The van der Waals surface area contributed by atoms with E-state index in [0.29, 0.717) is 32.1 Å². The fourth-order valence-corrected chi connectivity index (χ4v) is 6.53. The Labute approximate surface area is 371 Å². The number of hydrogen-bond donors (Lipinski definition) is 5. The molecule has 0 amide bonds. The molecule has 14 nitrogen and oxygen atoms in total. The summed E-state index contributed by atoms with van der Waals surface area (Å²) >= 11 is 0. The number of ether oxygens (including phenoxy) is 2. The van der Waals surface area contributed by atoms with Crippen LogP contribution in [0, 0.1) is 0 Å². The molecule has 0 heterocycles. The molecule has 356 valence electrons. The summed E-state index contributed by atoms with van der Waals surface area (Å²) in [5, 5.41) is 19.8. The van der Waals surface area contributed by atoms with Gasteiger partial charge >= 0.3 is 27.6 Å². The van der Waals surface area contributed by atoms with Crippen molar-refractivity contribution in [2.45, 2.75) is 167 Å². The van der Waals surface area contributed by atoms with Gasteiger partial charge in [0.25, 0.3) is 0 Å². The van der Waals surface area contributed by atoms with Crippen molar-refractivity contribution in [1.29, 1.82) is 0 Å². The molecule has 0 bridgehead atoms. The zero-order valence-electron chi connectivity index (χ0n) is 37.3. The fourth-order valence-electron chi connectivity index (χ4n) is 5.37. The van der Waals surface area contributed by atoms with Crippen LogP contribution in [0.5, 0.6) is 0 Å². The number of aliphatic hydroxyl groups is 2. The molecule has 0 saturated carbocycles. The number of allylic oxidation sites excluding steroid dienone is 12. The molecule has 0 aliphatic heterocycles. The second kappa shape index (κ2) is 41.0. The minimum absolute atomic E-state index is 0.0140. The monoisotopic (exact) mass is 916 g/mol. The molecule has 0 aliphatic carbocycles. The first kappa shape index (κ1) is 59.3. The van der Waals surface area contributed by atoms with Crippen molar-refractivity contribution in [3.8, 4) is 0 Å². The highest BCUT2D eigenvalue weighted by Gasteiger charge is 2.28. The summed E-state index contributed by atoms with van der Waals surface area (Å²) in [6.07, 6.45) is 43.2. The Morgan fingerprint density at radius 2 is 1.03 bits per heavy atom. The fraction of sp³-hybridized carbons (Fsp3) is 0.652. The van der Waals surface area contributed by atoms with Gasteiger partial charge in [-0.2, -0.15) is 0 Å². The number of phosphoric ester groups is 2. The average Bonchev–Trinajstić information content (AvgIpc) is 3.23. The van der Waals surface area contributed by atoms with Crippen molar-refractivity contribution in [3.05, 3.63) is 85.1 Å². The predicted octanol–water partition coefficient (Wildman–Crippen LogP) is 10.5. The Hall–Kier alpha value is -2.74. The van der Waals surface area contributed by atoms with E-state index in [4.69, 9.17) is 23.8 Å². The van der Waals surface area contributed by atoms with Gasteiger partial charge in [-0.3, -0.25) is 23.2 Å². The SMILES string of the molecule is CCCCC/C=C\C/C=C\C/C=C\CCCCCCC(=O)OC[C@H](COP(=O)(O)OC[C@@H](O)COP(=O)(O)O)OC(=O)CCC/C=C\C/C=C\C=C\[C@@H](O)C/C=C\CCCCC. The van der Waals surface area contributed by atoms with Gasteiger partial charge in [0.1, 0.15) is 12.7 Å². The molecule has 62 heavy (non-hydrogen) atoms. The summed E-state index contributed by atoms with van der Waals surface area (Å²) in [6, 6.07) is 0. The van der Waals surface area contributed by atoms with Crippen LogP contribution in [-0.4, -0.2) is 81.6 Å². The first-order chi connectivity index (χ1) is 29.8. The van der Waals surface area contributed by atoms with Crippen LogP contribution in [0.2, 0.25) is 0 Å². The number of carbonyl (C=O) groups excluding carboxylic acids is 2. The molecule has 0 aromatic carbocycles. The van der Waals surface area contributed by atoms with Crippen molar-refractivity contribution < 1.29 is 66.7 Å². The van der Waals surface area contributed by atoms with Crippen LogP contribution in [0.3, 0.4) is 0 Å². The van der Waals surface area contributed by atoms with Crippen LogP contribution < -0.4 is 0 Å². The van der Waals surface area contributed by atoms with Crippen LogP contribution in [0.4, 0.5) is 0 Å². The van der Waals surface area contributed by atoms with Crippen molar-refractivity contribution in [1.82, 2.24) is 0 Å². The van der Waals surface area contributed by atoms with Crippen LogP contribution in [0.15, 0.2) is 85.1 Å². The smallest absolute Gasteiger partial charge is 0.462 e. The summed E-state index contributed by atoms with van der Waals surface area (Å²) in [6.45, 7) is 1.51. The maximum Gasteiger partial charge on any atom is 0.472 e. The number of esters is 2. The zero-order valence-corrected chi connectivity index (χ0v) is 39.1. The maximum absolute atomic E-state index is 12.7. The molecule has 5 N–H and O–H groups in total. The predicted molar refractivity (Wildman–Crippen MR) is 245 cm³/mol. The first-order valence-electron chi connectivity index (χ1n) is 22.4. The standard InChI is InChI=1S/C46H78O14P2/c1-3-5-7-9-11-12-13-14-15-16-17-18-19-20-24-28-32-36-45(49)56-40-44(41-59-62(54,55)58-39-43(48)38-57-61(51,52)53)60-46(50)37-33-29-25-22-21-23-27-31-35-42(47)34-30-26-10-8-6-4-2/h11-12,14-15,17-18,22-23,25-27,30-31,35,42-44,47-48H,3-10,13,16,19-21,24,28-29,32-34,36-41H2,1-2H3,(H,54,55)(H2,51,52,53)/b12-11-,15-14-,18-17-,25-22-,27-23-,30-26-,35-31+/t42-,43-,44+/m0/s1. The normalized spacial score (nSPS) is 15.3. The largest absolute Gasteiger partial charge is 0.472 e. The molecule has 0 fully saturated rings. The van der Waals surface area contributed by atoms with Gasteiger partial charge in [0.15, 0.2) is 6.10 Å². The zero-order chi connectivity index (χ0) is 46.0. The van der Waals surface area contributed by atoms with E-state index in [1.54, 1.807) is 6.08 Å². The lowest BCUT2D eigenvalue weighted by molar-refractivity contribution is -0.161. The number of hydrogen-bond acceptors (Lipinski definition) is 11.